The highest BCUT2D eigenvalue weighted by Crippen LogP contribution is 2.19. The molecule has 2 rings (SSSR count). The second-order valence-corrected chi connectivity index (χ2v) is 4.79. The average Bonchev–Trinajstić information content (AvgIpc) is 2.32. The summed E-state index contributed by atoms with van der Waals surface area (Å²) in [4.78, 5) is 35.4. The van der Waals surface area contributed by atoms with Crippen LogP contribution in [-0.2, 0) is 0 Å². The molecule has 4 N–H and O–H groups in total. The van der Waals surface area contributed by atoms with Gasteiger partial charge in [-0.2, -0.15) is 0 Å². The minimum absolute atomic E-state index is 0.160. The molecule has 2 aromatic rings. The van der Waals surface area contributed by atoms with Gasteiger partial charge >= 0.3 is 11.1 Å². The molecule has 7 nitrogen and oxygen atoms in total. The monoisotopic (exact) mass is 267 g/mol. The summed E-state index contributed by atoms with van der Waals surface area (Å²) >= 11 is 1.47. The first-order valence-corrected chi connectivity index (χ1v) is 6.53. The fourth-order valence-corrected chi connectivity index (χ4v) is 2.31. The first-order chi connectivity index (χ1) is 8.61. The topological polar surface area (TPSA) is 118 Å². The third-order valence-corrected chi connectivity index (χ3v) is 3.26. The number of nitrogen functional groups attached to an aromatic ring is 1. The van der Waals surface area contributed by atoms with Crippen molar-refractivity contribution >= 4 is 28.7 Å². The largest absolute Gasteiger partial charge is 0.382 e. The van der Waals surface area contributed by atoms with Gasteiger partial charge in [-0.25, -0.2) is 9.97 Å². The van der Waals surface area contributed by atoms with Crippen molar-refractivity contribution < 1.29 is 0 Å². The van der Waals surface area contributed by atoms with Crippen LogP contribution in [0.15, 0.2) is 14.7 Å². The van der Waals surface area contributed by atoms with Crippen LogP contribution in [0.3, 0.4) is 0 Å². The molecule has 0 aliphatic heterocycles. The summed E-state index contributed by atoms with van der Waals surface area (Å²) in [5.74, 6) is 1.04. The van der Waals surface area contributed by atoms with Crippen LogP contribution in [-0.4, -0.2) is 25.7 Å². The van der Waals surface area contributed by atoms with Crippen molar-refractivity contribution in [1.82, 2.24) is 19.9 Å². The van der Waals surface area contributed by atoms with Gasteiger partial charge in [0.2, 0.25) is 0 Å². The number of aromatic nitrogens is 4. The Labute approximate surface area is 106 Å². The van der Waals surface area contributed by atoms with Gasteiger partial charge in [0, 0.05) is 5.75 Å². The molecule has 2 aromatic heterocycles. The third-order valence-electron chi connectivity index (χ3n) is 2.32. The Morgan fingerprint density at radius 3 is 2.67 bits per heavy atom. The fraction of sp³-hybridized carbons (Fsp3) is 0.400. The molecule has 0 unspecified atom stereocenters. The minimum atomic E-state index is -0.760. The molecular formula is C10H13N5O2S. The highest BCUT2D eigenvalue weighted by molar-refractivity contribution is 7.99. The number of H-pyrrole nitrogens is 2. The predicted molar refractivity (Wildman–Crippen MR) is 70.8 cm³/mol. The average molecular weight is 267 g/mol. The van der Waals surface area contributed by atoms with Crippen molar-refractivity contribution in [3.05, 3.63) is 20.7 Å². The van der Waals surface area contributed by atoms with Gasteiger partial charge in [0.15, 0.2) is 16.6 Å². The zero-order valence-corrected chi connectivity index (χ0v) is 10.6. The van der Waals surface area contributed by atoms with E-state index in [2.05, 4.69) is 26.9 Å². The number of fused-ring (bicyclic) bond motifs is 1. The zero-order valence-electron chi connectivity index (χ0n) is 9.82. The van der Waals surface area contributed by atoms with Gasteiger partial charge < -0.3 is 15.7 Å². The van der Waals surface area contributed by atoms with Gasteiger partial charge in [-0.1, -0.05) is 25.1 Å². The molecule has 8 heteroatoms. The number of aromatic amines is 2. The molecule has 0 radical (unpaired) electrons. The molecule has 0 aliphatic carbocycles. The van der Waals surface area contributed by atoms with E-state index in [4.69, 9.17) is 5.73 Å². The Morgan fingerprint density at radius 2 is 1.94 bits per heavy atom. The lowest BCUT2D eigenvalue weighted by atomic mass is 10.4. The Kier molecular flexibility index (Phi) is 3.66. The second-order valence-electron chi connectivity index (χ2n) is 3.73. The molecule has 0 fully saturated rings. The quantitative estimate of drug-likeness (QED) is 0.321. The van der Waals surface area contributed by atoms with Crippen molar-refractivity contribution in [3.63, 3.8) is 0 Å². The van der Waals surface area contributed by atoms with Crippen molar-refractivity contribution in [2.24, 2.45) is 0 Å². The number of thioether (sulfide) groups is 1. The predicted octanol–water partition coefficient (Wildman–Crippen LogP) is 0.481. The number of anilines is 1. The number of rotatable bonds is 4. The van der Waals surface area contributed by atoms with E-state index >= 15 is 0 Å². The van der Waals surface area contributed by atoms with E-state index in [1.54, 1.807) is 0 Å². The third kappa shape index (κ3) is 2.53. The lowest BCUT2D eigenvalue weighted by molar-refractivity contribution is 0.889. The van der Waals surface area contributed by atoms with Crippen molar-refractivity contribution in [2.45, 2.75) is 24.9 Å². The molecule has 0 aliphatic rings. The summed E-state index contributed by atoms with van der Waals surface area (Å²) in [6, 6.07) is 0. The molecular weight excluding hydrogens is 254 g/mol. The standard InChI is InChI=1S/C10H13N5O2S/c1-2-3-4-18-10-13-6(11)5-7(15-10)14-9(17)8(16)12-5/h2-4H2,1H3,(H,12,16)(H3,11,13,14,15,17). The van der Waals surface area contributed by atoms with Gasteiger partial charge in [-0.3, -0.25) is 9.59 Å². The van der Waals surface area contributed by atoms with Gasteiger partial charge in [-0.05, 0) is 6.42 Å². The highest BCUT2D eigenvalue weighted by atomic mass is 32.2. The van der Waals surface area contributed by atoms with Crippen molar-refractivity contribution in [2.75, 3.05) is 11.5 Å². The molecule has 0 aromatic carbocycles. The Bertz CT molecular complexity index is 678. The fourth-order valence-electron chi connectivity index (χ4n) is 1.38. The Hall–Kier alpha value is -1.83. The number of nitrogens with zero attached hydrogens (tertiary/aromatic N) is 2. The van der Waals surface area contributed by atoms with Crippen LogP contribution in [0.1, 0.15) is 19.8 Å². The van der Waals surface area contributed by atoms with Crippen LogP contribution >= 0.6 is 11.8 Å². The SMILES string of the molecule is CCCCSc1nc(N)c2[nH]c(=O)c(=O)[nH]c2n1. The molecule has 0 bridgehead atoms. The van der Waals surface area contributed by atoms with E-state index in [-0.39, 0.29) is 17.0 Å². The summed E-state index contributed by atoms with van der Waals surface area (Å²) in [7, 11) is 0. The smallest absolute Gasteiger partial charge is 0.315 e. The van der Waals surface area contributed by atoms with Crippen LogP contribution in [0.5, 0.6) is 0 Å². The molecule has 96 valence electrons. The molecule has 2 heterocycles. The first-order valence-electron chi connectivity index (χ1n) is 5.54. The van der Waals surface area contributed by atoms with Crippen LogP contribution in [0, 0.1) is 0 Å². The number of hydrogen-bond acceptors (Lipinski definition) is 6. The number of nitrogens with one attached hydrogen (secondary N) is 2. The maximum atomic E-state index is 11.2. The summed E-state index contributed by atoms with van der Waals surface area (Å²) < 4.78 is 0. The van der Waals surface area contributed by atoms with E-state index in [0.717, 1.165) is 18.6 Å². The zero-order chi connectivity index (χ0) is 13.1. The minimum Gasteiger partial charge on any atom is -0.382 e. The second kappa shape index (κ2) is 5.21. The van der Waals surface area contributed by atoms with Crippen molar-refractivity contribution in [1.29, 1.82) is 0 Å². The van der Waals surface area contributed by atoms with Crippen LogP contribution < -0.4 is 16.9 Å². The van der Waals surface area contributed by atoms with E-state index in [9.17, 15) is 9.59 Å². The lowest BCUT2D eigenvalue weighted by Gasteiger charge is -2.03. The highest BCUT2D eigenvalue weighted by Gasteiger charge is 2.08. The molecule has 0 amide bonds. The van der Waals surface area contributed by atoms with Gasteiger partial charge in [-0.15, -0.1) is 0 Å². The lowest BCUT2D eigenvalue weighted by Crippen LogP contribution is -2.29. The number of unbranched alkanes of at least 4 members (excludes halogenated alkanes) is 1. The number of hydrogen-bond donors (Lipinski definition) is 3. The normalized spacial score (nSPS) is 10.9. The Balaban J connectivity index is 2.45. The van der Waals surface area contributed by atoms with Gasteiger partial charge in [0.1, 0.15) is 5.52 Å². The summed E-state index contributed by atoms with van der Waals surface area (Å²) in [5, 5.41) is 0.496. The molecule has 18 heavy (non-hydrogen) atoms. The van der Waals surface area contributed by atoms with Gasteiger partial charge in [0.25, 0.3) is 0 Å². The van der Waals surface area contributed by atoms with Crippen LogP contribution in [0.2, 0.25) is 0 Å². The summed E-state index contributed by atoms with van der Waals surface area (Å²) in [6.07, 6.45) is 2.13. The van der Waals surface area contributed by atoms with E-state index in [0.29, 0.717) is 5.16 Å². The molecule has 0 atom stereocenters. The van der Waals surface area contributed by atoms with Crippen molar-refractivity contribution in [3.8, 4) is 0 Å². The first kappa shape index (κ1) is 12.6. The molecule has 0 spiro atoms. The summed E-state index contributed by atoms with van der Waals surface area (Å²) in [5.41, 5.74) is 4.74. The summed E-state index contributed by atoms with van der Waals surface area (Å²) in [6.45, 7) is 2.10. The van der Waals surface area contributed by atoms with E-state index < -0.39 is 11.1 Å². The van der Waals surface area contributed by atoms with Gasteiger partial charge in [0.05, 0.1) is 0 Å². The van der Waals surface area contributed by atoms with Crippen LogP contribution in [0.4, 0.5) is 5.82 Å². The number of nitrogens with two attached hydrogens (primary N) is 1. The maximum absolute atomic E-state index is 11.2. The Morgan fingerprint density at radius 1 is 1.22 bits per heavy atom. The van der Waals surface area contributed by atoms with E-state index in [1.165, 1.54) is 11.8 Å². The van der Waals surface area contributed by atoms with E-state index in [1.807, 2.05) is 0 Å². The molecule has 0 saturated heterocycles. The maximum Gasteiger partial charge on any atom is 0.315 e. The molecule has 0 saturated carbocycles. The van der Waals surface area contributed by atoms with Crippen LogP contribution in [0.25, 0.3) is 11.2 Å².